The average molecular weight is 425 g/mol. The number of aromatic nitrogens is 4. The van der Waals surface area contributed by atoms with Crippen LogP contribution in [0.25, 0.3) is 11.4 Å². The predicted molar refractivity (Wildman–Crippen MR) is 121 cm³/mol. The maximum atomic E-state index is 12.9. The summed E-state index contributed by atoms with van der Waals surface area (Å²) < 4.78 is 9.39. The molecule has 0 aliphatic heterocycles. The van der Waals surface area contributed by atoms with Crippen molar-refractivity contribution in [3.05, 3.63) is 65.5 Å². The van der Waals surface area contributed by atoms with Gasteiger partial charge in [-0.15, -0.1) is 16.8 Å². The SMILES string of the molecule is C=CCn1c(C)cc(C(=O)CSc2nnc(-c3cccc(C)c3)n2CCOC)c1C. The standard InChI is InChI=1S/C23H28N4O2S/c1-6-10-26-17(3)14-20(18(26)4)21(28)15-30-23-25-24-22(27(23)11-12-29-5)19-9-7-8-16(2)13-19/h6-9,13-14H,1,10-12,15H2,2-5H3. The number of nitrogens with zero attached hydrogens (tertiary/aromatic N) is 4. The van der Waals surface area contributed by atoms with Gasteiger partial charge in [-0.25, -0.2) is 0 Å². The summed E-state index contributed by atoms with van der Waals surface area (Å²) in [5.41, 5.74) is 4.95. The highest BCUT2D eigenvalue weighted by Gasteiger charge is 2.19. The Kier molecular flexibility index (Phi) is 7.29. The molecule has 0 bridgehead atoms. The normalized spacial score (nSPS) is 11.1. The topological polar surface area (TPSA) is 61.9 Å². The molecule has 7 heteroatoms. The molecule has 0 aliphatic rings. The van der Waals surface area contributed by atoms with Gasteiger partial charge in [0.2, 0.25) is 0 Å². The molecule has 0 fully saturated rings. The van der Waals surface area contributed by atoms with Gasteiger partial charge in [0.1, 0.15) is 0 Å². The van der Waals surface area contributed by atoms with Gasteiger partial charge in [0, 0.05) is 36.2 Å². The zero-order chi connectivity index (χ0) is 21.7. The molecule has 3 aromatic rings. The fourth-order valence-corrected chi connectivity index (χ4v) is 4.33. The van der Waals surface area contributed by atoms with Crippen molar-refractivity contribution in [2.45, 2.75) is 39.0 Å². The summed E-state index contributed by atoms with van der Waals surface area (Å²) in [5, 5.41) is 9.49. The van der Waals surface area contributed by atoms with Crippen molar-refractivity contribution in [1.82, 2.24) is 19.3 Å². The van der Waals surface area contributed by atoms with Crippen molar-refractivity contribution in [3.8, 4) is 11.4 Å². The Morgan fingerprint density at radius 3 is 2.70 bits per heavy atom. The van der Waals surface area contributed by atoms with Crippen LogP contribution in [0.4, 0.5) is 0 Å². The Bertz CT molecular complexity index is 1050. The summed E-state index contributed by atoms with van der Waals surface area (Å²) in [6.45, 7) is 11.7. The Balaban J connectivity index is 1.82. The summed E-state index contributed by atoms with van der Waals surface area (Å²) in [5.74, 6) is 1.17. The van der Waals surface area contributed by atoms with Gasteiger partial charge < -0.3 is 9.30 Å². The minimum atomic E-state index is 0.0850. The third-order valence-corrected chi connectivity index (χ3v) is 6.00. The van der Waals surface area contributed by atoms with Gasteiger partial charge in [-0.05, 0) is 32.9 Å². The van der Waals surface area contributed by atoms with E-state index in [1.54, 1.807) is 7.11 Å². The highest BCUT2D eigenvalue weighted by atomic mass is 32.2. The zero-order valence-electron chi connectivity index (χ0n) is 18.0. The molecule has 0 saturated carbocycles. The van der Waals surface area contributed by atoms with Gasteiger partial charge in [0.05, 0.1) is 18.9 Å². The Hall–Kier alpha value is -2.64. The third-order valence-electron chi connectivity index (χ3n) is 5.03. The molecule has 0 atom stereocenters. The van der Waals surface area contributed by atoms with Crippen LogP contribution in [0.2, 0.25) is 0 Å². The van der Waals surface area contributed by atoms with Crippen molar-refractivity contribution < 1.29 is 9.53 Å². The van der Waals surface area contributed by atoms with Crippen LogP contribution in [0.1, 0.15) is 27.3 Å². The van der Waals surface area contributed by atoms with E-state index in [0.29, 0.717) is 25.4 Å². The number of carbonyl (C=O) groups excluding carboxylic acids is 1. The Morgan fingerprint density at radius 1 is 1.20 bits per heavy atom. The van der Waals surface area contributed by atoms with E-state index in [2.05, 4.69) is 40.4 Å². The van der Waals surface area contributed by atoms with Gasteiger partial charge in [-0.2, -0.15) is 0 Å². The monoisotopic (exact) mass is 424 g/mol. The van der Waals surface area contributed by atoms with Crippen LogP contribution in [-0.2, 0) is 17.8 Å². The second-order valence-electron chi connectivity index (χ2n) is 7.22. The quantitative estimate of drug-likeness (QED) is 0.273. The summed E-state index contributed by atoms with van der Waals surface area (Å²) in [7, 11) is 1.67. The molecular weight excluding hydrogens is 396 g/mol. The Morgan fingerprint density at radius 2 is 2.00 bits per heavy atom. The number of carbonyl (C=O) groups is 1. The van der Waals surface area contributed by atoms with Crippen LogP contribution in [0.15, 0.2) is 48.1 Å². The van der Waals surface area contributed by atoms with Gasteiger partial charge in [-0.3, -0.25) is 9.36 Å². The van der Waals surface area contributed by atoms with E-state index in [4.69, 9.17) is 4.74 Å². The van der Waals surface area contributed by atoms with Crippen molar-refractivity contribution in [2.75, 3.05) is 19.5 Å². The molecule has 3 rings (SSSR count). The molecule has 2 aromatic heterocycles. The molecule has 0 N–H and O–H groups in total. The second-order valence-corrected chi connectivity index (χ2v) is 8.16. The fraction of sp³-hybridized carbons (Fsp3) is 0.348. The average Bonchev–Trinajstić information content (AvgIpc) is 3.26. The number of allylic oxidation sites excluding steroid dienone is 1. The largest absolute Gasteiger partial charge is 0.383 e. The van der Waals surface area contributed by atoms with Gasteiger partial charge in [0.25, 0.3) is 0 Å². The molecule has 30 heavy (non-hydrogen) atoms. The molecule has 6 nitrogen and oxygen atoms in total. The number of methoxy groups -OCH3 is 1. The molecule has 2 heterocycles. The van der Waals surface area contributed by atoms with Gasteiger partial charge in [0.15, 0.2) is 16.8 Å². The lowest BCUT2D eigenvalue weighted by molar-refractivity contribution is 0.102. The van der Waals surface area contributed by atoms with Crippen LogP contribution in [0.5, 0.6) is 0 Å². The van der Waals surface area contributed by atoms with Crippen LogP contribution in [-0.4, -0.2) is 44.6 Å². The lowest BCUT2D eigenvalue weighted by Gasteiger charge is -2.10. The van der Waals surface area contributed by atoms with E-state index in [1.165, 1.54) is 11.8 Å². The summed E-state index contributed by atoms with van der Waals surface area (Å²) >= 11 is 1.41. The highest BCUT2D eigenvalue weighted by Crippen LogP contribution is 2.26. The van der Waals surface area contributed by atoms with Crippen LogP contribution in [0.3, 0.4) is 0 Å². The molecule has 1 aromatic carbocycles. The lowest BCUT2D eigenvalue weighted by atomic mass is 10.1. The number of ketones is 1. The lowest BCUT2D eigenvalue weighted by Crippen LogP contribution is -2.10. The van der Waals surface area contributed by atoms with Crippen LogP contribution in [0, 0.1) is 20.8 Å². The number of Topliss-reactive ketones (excluding diaryl/α,β-unsaturated/α-hetero) is 1. The number of ether oxygens (including phenoxy) is 1. The number of thioether (sulfide) groups is 1. The molecular formula is C23H28N4O2S. The minimum Gasteiger partial charge on any atom is -0.383 e. The predicted octanol–water partition coefficient (Wildman–Crippen LogP) is 4.48. The molecule has 0 aliphatic carbocycles. The van der Waals surface area contributed by atoms with Gasteiger partial charge >= 0.3 is 0 Å². The van der Waals surface area contributed by atoms with E-state index in [0.717, 1.165) is 39.1 Å². The first-order valence-electron chi connectivity index (χ1n) is 9.89. The summed E-state index contributed by atoms with van der Waals surface area (Å²) in [4.78, 5) is 12.9. The van der Waals surface area contributed by atoms with E-state index >= 15 is 0 Å². The number of hydrogen-bond donors (Lipinski definition) is 0. The van der Waals surface area contributed by atoms with E-state index < -0.39 is 0 Å². The Labute approximate surface area is 182 Å². The molecule has 0 spiro atoms. The number of benzene rings is 1. The fourth-order valence-electron chi connectivity index (χ4n) is 3.48. The number of hydrogen-bond acceptors (Lipinski definition) is 5. The van der Waals surface area contributed by atoms with E-state index in [9.17, 15) is 4.79 Å². The number of rotatable bonds is 10. The third kappa shape index (κ3) is 4.74. The van der Waals surface area contributed by atoms with Crippen LogP contribution >= 0.6 is 11.8 Å². The van der Waals surface area contributed by atoms with E-state index in [-0.39, 0.29) is 5.78 Å². The van der Waals surface area contributed by atoms with Crippen LogP contribution < -0.4 is 0 Å². The maximum absolute atomic E-state index is 12.9. The first-order valence-corrected chi connectivity index (χ1v) is 10.9. The zero-order valence-corrected chi connectivity index (χ0v) is 18.8. The first kappa shape index (κ1) is 22.1. The van der Waals surface area contributed by atoms with Crippen molar-refractivity contribution >= 4 is 17.5 Å². The minimum absolute atomic E-state index is 0.0850. The second kappa shape index (κ2) is 9.91. The smallest absolute Gasteiger partial charge is 0.192 e. The summed E-state index contributed by atoms with van der Waals surface area (Å²) in [6, 6.07) is 10.1. The van der Waals surface area contributed by atoms with Crippen molar-refractivity contribution in [3.63, 3.8) is 0 Å². The molecule has 158 valence electrons. The summed E-state index contributed by atoms with van der Waals surface area (Å²) in [6.07, 6.45) is 1.84. The molecule has 0 amide bonds. The maximum Gasteiger partial charge on any atom is 0.192 e. The van der Waals surface area contributed by atoms with Crippen molar-refractivity contribution in [1.29, 1.82) is 0 Å². The molecule has 0 radical (unpaired) electrons. The number of aryl methyl sites for hydroxylation is 2. The molecule has 0 saturated heterocycles. The van der Waals surface area contributed by atoms with E-state index in [1.807, 2.05) is 42.7 Å². The van der Waals surface area contributed by atoms with Gasteiger partial charge in [-0.1, -0.05) is 41.6 Å². The highest BCUT2D eigenvalue weighted by molar-refractivity contribution is 7.99. The van der Waals surface area contributed by atoms with Crippen molar-refractivity contribution in [2.24, 2.45) is 0 Å². The molecule has 0 unspecified atom stereocenters. The first-order chi connectivity index (χ1) is 14.5.